The number of fused-ring (bicyclic) bond motifs is 3. The van der Waals surface area contributed by atoms with Crippen LogP contribution in [0, 0.1) is 0 Å². The summed E-state index contributed by atoms with van der Waals surface area (Å²) in [7, 11) is 0. The van der Waals surface area contributed by atoms with Gasteiger partial charge in [-0.05, 0) is 19.1 Å². The maximum atomic E-state index is 5.62. The predicted octanol–water partition coefficient (Wildman–Crippen LogP) is 1.58. The van der Waals surface area contributed by atoms with Crippen LogP contribution in [0.3, 0.4) is 0 Å². The number of rotatable bonds is 1. The van der Waals surface area contributed by atoms with E-state index in [9.17, 15) is 0 Å². The Kier molecular flexibility index (Phi) is 1.80. The number of nitrogen functional groups attached to an aromatic ring is 1. The molecular weight excluding hydrogens is 202 g/mol. The van der Waals surface area contributed by atoms with Gasteiger partial charge in [0.05, 0.1) is 17.4 Å². The van der Waals surface area contributed by atoms with Gasteiger partial charge in [-0.15, -0.1) is 0 Å². The Hall–Kier alpha value is -2.17. The summed E-state index contributed by atoms with van der Waals surface area (Å²) in [4.78, 5) is 12.6. The standard InChI is InChI=1S/C11H11N5/c1-2-16-6-14-8-4-3-7-5-13-11(12)15-9(7)10(8)16/h3-6H,2H2,1H3,(H2,12,13,15). The third-order valence-electron chi connectivity index (χ3n) is 2.69. The summed E-state index contributed by atoms with van der Waals surface area (Å²) in [5.74, 6) is 0.295. The minimum Gasteiger partial charge on any atom is -0.368 e. The normalized spacial score (nSPS) is 11.3. The van der Waals surface area contributed by atoms with Crippen molar-refractivity contribution >= 4 is 27.9 Å². The van der Waals surface area contributed by atoms with Crippen LogP contribution in [0.4, 0.5) is 5.95 Å². The minimum absolute atomic E-state index is 0.295. The second kappa shape index (κ2) is 3.16. The lowest BCUT2D eigenvalue weighted by atomic mass is 10.2. The van der Waals surface area contributed by atoms with Crippen LogP contribution in [0.1, 0.15) is 6.92 Å². The Bertz CT molecular complexity index is 670. The van der Waals surface area contributed by atoms with Gasteiger partial charge in [-0.3, -0.25) is 0 Å². The highest BCUT2D eigenvalue weighted by Gasteiger charge is 2.08. The molecule has 0 aliphatic heterocycles. The van der Waals surface area contributed by atoms with E-state index in [2.05, 4.69) is 26.4 Å². The molecule has 1 aromatic carbocycles. The summed E-state index contributed by atoms with van der Waals surface area (Å²) in [6.45, 7) is 2.93. The summed E-state index contributed by atoms with van der Waals surface area (Å²) in [5.41, 5.74) is 8.45. The lowest BCUT2D eigenvalue weighted by Crippen LogP contribution is -1.97. The molecule has 0 saturated heterocycles. The zero-order valence-electron chi connectivity index (χ0n) is 8.88. The number of benzene rings is 1. The van der Waals surface area contributed by atoms with Crippen LogP contribution in [-0.4, -0.2) is 19.5 Å². The van der Waals surface area contributed by atoms with E-state index in [1.54, 1.807) is 6.20 Å². The van der Waals surface area contributed by atoms with Crippen LogP contribution in [-0.2, 0) is 6.54 Å². The molecule has 0 unspecified atom stereocenters. The number of hydrogen-bond acceptors (Lipinski definition) is 4. The van der Waals surface area contributed by atoms with E-state index in [0.29, 0.717) is 5.95 Å². The molecule has 3 aromatic rings. The van der Waals surface area contributed by atoms with E-state index in [4.69, 9.17) is 5.73 Å². The molecule has 0 radical (unpaired) electrons. The summed E-state index contributed by atoms with van der Waals surface area (Å²) in [5, 5.41) is 0.983. The second-order valence-corrected chi connectivity index (χ2v) is 3.63. The summed E-state index contributed by atoms with van der Waals surface area (Å²) >= 11 is 0. The van der Waals surface area contributed by atoms with E-state index >= 15 is 0 Å². The van der Waals surface area contributed by atoms with E-state index in [1.165, 1.54) is 0 Å². The molecule has 0 atom stereocenters. The molecule has 0 bridgehead atoms. The lowest BCUT2D eigenvalue weighted by molar-refractivity contribution is 0.788. The van der Waals surface area contributed by atoms with Gasteiger partial charge >= 0.3 is 0 Å². The average Bonchev–Trinajstić information content (AvgIpc) is 2.72. The maximum absolute atomic E-state index is 5.62. The first-order chi connectivity index (χ1) is 7.79. The van der Waals surface area contributed by atoms with Gasteiger partial charge in [0.2, 0.25) is 5.95 Å². The van der Waals surface area contributed by atoms with Crippen molar-refractivity contribution in [3.05, 3.63) is 24.7 Å². The molecule has 0 aliphatic carbocycles. The first-order valence-electron chi connectivity index (χ1n) is 5.15. The van der Waals surface area contributed by atoms with E-state index in [0.717, 1.165) is 28.5 Å². The zero-order chi connectivity index (χ0) is 11.1. The number of aryl methyl sites for hydroxylation is 1. The third-order valence-corrected chi connectivity index (χ3v) is 2.69. The topological polar surface area (TPSA) is 69.6 Å². The molecule has 5 heteroatoms. The van der Waals surface area contributed by atoms with Crippen molar-refractivity contribution in [3.63, 3.8) is 0 Å². The van der Waals surface area contributed by atoms with Crippen LogP contribution in [0.15, 0.2) is 24.7 Å². The van der Waals surface area contributed by atoms with Crippen molar-refractivity contribution in [2.75, 3.05) is 5.73 Å². The van der Waals surface area contributed by atoms with Gasteiger partial charge in [0.25, 0.3) is 0 Å². The molecule has 0 spiro atoms. The number of imidazole rings is 1. The molecule has 3 rings (SSSR count). The van der Waals surface area contributed by atoms with Gasteiger partial charge in [0.15, 0.2) is 0 Å². The zero-order valence-corrected chi connectivity index (χ0v) is 8.88. The van der Waals surface area contributed by atoms with Crippen LogP contribution in [0.2, 0.25) is 0 Å². The smallest absolute Gasteiger partial charge is 0.220 e. The Morgan fingerprint density at radius 1 is 1.31 bits per heavy atom. The molecule has 0 fully saturated rings. The molecule has 2 N–H and O–H groups in total. The highest BCUT2D eigenvalue weighted by molar-refractivity contribution is 6.01. The van der Waals surface area contributed by atoms with Crippen molar-refractivity contribution in [1.29, 1.82) is 0 Å². The third kappa shape index (κ3) is 1.14. The summed E-state index contributed by atoms with van der Waals surface area (Å²) in [6, 6.07) is 3.94. The SMILES string of the molecule is CCn1cnc2ccc3cnc(N)nc3c21. The van der Waals surface area contributed by atoms with Crippen molar-refractivity contribution < 1.29 is 0 Å². The molecule has 0 aliphatic rings. The summed E-state index contributed by atoms with van der Waals surface area (Å²) < 4.78 is 2.06. The fourth-order valence-corrected chi connectivity index (χ4v) is 1.90. The fraction of sp³-hybridized carbons (Fsp3) is 0.182. The molecule has 2 heterocycles. The Balaban J connectivity index is 2.54. The highest BCUT2D eigenvalue weighted by Crippen LogP contribution is 2.22. The van der Waals surface area contributed by atoms with Gasteiger partial charge in [0.1, 0.15) is 5.52 Å². The minimum atomic E-state index is 0.295. The lowest BCUT2D eigenvalue weighted by Gasteiger charge is -2.03. The van der Waals surface area contributed by atoms with Crippen LogP contribution in [0.25, 0.3) is 21.9 Å². The maximum Gasteiger partial charge on any atom is 0.220 e. The number of aromatic nitrogens is 4. The monoisotopic (exact) mass is 213 g/mol. The van der Waals surface area contributed by atoms with Crippen molar-refractivity contribution in [2.45, 2.75) is 13.5 Å². The second-order valence-electron chi connectivity index (χ2n) is 3.63. The number of hydrogen-bond donors (Lipinski definition) is 1. The van der Waals surface area contributed by atoms with Crippen molar-refractivity contribution in [1.82, 2.24) is 19.5 Å². The molecule has 0 amide bonds. The van der Waals surface area contributed by atoms with Crippen LogP contribution < -0.4 is 5.73 Å². The molecule has 5 nitrogen and oxygen atoms in total. The Morgan fingerprint density at radius 3 is 3.00 bits per heavy atom. The van der Waals surface area contributed by atoms with E-state index in [1.807, 2.05) is 18.5 Å². The predicted molar refractivity (Wildman–Crippen MR) is 62.9 cm³/mol. The number of nitrogens with two attached hydrogens (primary N) is 1. The molecule has 0 saturated carbocycles. The first kappa shape index (κ1) is 9.08. The number of nitrogens with zero attached hydrogens (tertiary/aromatic N) is 4. The average molecular weight is 213 g/mol. The largest absolute Gasteiger partial charge is 0.368 e. The van der Waals surface area contributed by atoms with Gasteiger partial charge in [-0.25, -0.2) is 15.0 Å². The van der Waals surface area contributed by atoms with Gasteiger partial charge in [-0.2, -0.15) is 0 Å². The fourth-order valence-electron chi connectivity index (χ4n) is 1.90. The van der Waals surface area contributed by atoms with E-state index < -0.39 is 0 Å². The van der Waals surface area contributed by atoms with Gasteiger partial charge in [0, 0.05) is 18.1 Å². The van der Waals surface area contributed by atoms with Crippen molar-refractivity contribution in [2.24, 2.45) is 0 Å². The molecule has 2 aromatic heterocycles. The van der Waals surface area contributed by atoms with Crippen LogP contribution in [0.5, 0.6) is 0 Å². The van der Waals surface area contributed by atoms with Crippen LogP contribution >= 0.6 is 0 Å². The van der Waals surface area contributed by atoms with E-state index in [-0.39, 0.29) is 0 Å². The molecule has 16 heavy (non-hydrogen) atoms. The van der Waals surface area contributed by atoms with Gasteiger partial charge < -0.3 is 10.3 Å². The van der Waals surface area contributed by atoms with Gasteiger partial charge in [-0.1, -0.05) is 0 Å². The summed E-state index contributed by atoms with van der Waals surface area (Å²) in [6.07, 6.45) is 3.56. The molecular formula is C11H11N5. The van der Waals surface area contributed by atoms with Crippen molar-refractivity contribution in [3.8, 4) is 0 Å². The Labute approximate surface area is 91.9 Å². The number of anilines is 1. The Morgan fingerprint density at radius 2 is 2.19 bits per heavy atom. The highest BCUT2D eigenvalue weighted by atomic mass is 15.1. The first-order valence-corrected chi connectivity index (χ1v) is 5.15. The molecule has 80 valence electrons. The quantitative estimate of drug-likeness (QED) is 0.666.